The Balaban J connectivity index is 2.13. The lowest BCUT2D eigenvalue weighted by molar-refractivity contribution is -0.143. The molecule has 0 aliphatic carbocycles. The highest BCUT2D eigenvalue weighted by atomic mass is 28.3. The Kier molecular flexibility index (Phi) is 10.5. The normalized spacial score (nSPS) is 18.8. The first-order valence-corrected chi connectivity index (χ1v) is 16.8. The second-order valence-corrected chi connectivity index (χ2v) is 14.0. The van der Waals surface area contributed by atoms with Gasteiger partial charge in [0.2, 0.25) is 0 Å². The number of benzene rings is 2. The number of fused-ring (bicyclic) bond motifs is 1. The van der Waals surface area contributed by atoms with E-state index in [1.165, 1.54) is 29.2 Å². The molecule has 0 radical (unpaired) electrons. The molecule has 2 aromatic carbocycles. The lowest BCUT2D eigenvalue weighted by Crippen LogP contribution is -2.56. The number of hydrogen-bond acceptors (Lipinski definition) is 5. The standard InChI is InChI=1S/C30H41F3N2O6Si/c1-8-39-18-24(25(28(3,4)5)41-42(6)7)35(27(37)38)20-15-14-19-17-29(40-9-2,34-26(36)21(19)16-20)22-12-10-11-13-23(22)30(31,32)33/h10-16,24-25,42H,8-9,17-18H2,1-7H3,(H,34,36)(H,37,38). The third kappa shape index (κ3) is 7.34. The van der Waals surface area contributed by atoms with Crippen LogP contribution < -0.4 is 10.2 Å². The maximum atomic E-state index is 14.0. The molecule has 232 valence electrons. The third-order valence-corrected chi connectivity index (χ3v) is 7.92. The van der Waals surface area contributed by atoms with E-state index in [-0.39, 0.29) is 36.4 Å². The predicted octanol–water partition coefficient (Wildman–Crippen LogP) is 6.19. The second-order valence-electron chi connectivity index (χ2n) is 11.6. The summed E-state index contributed by atoms with van der Waals surface area (Å²) in [5.74, 6) is -0.673. The molecule has 3 unspecified atom stereocenters. The number of nitrogens with zero attached hydrogens (tertiary/aromatic N) is 1. The number of rotatable bonds is 11. The molecule has 42 heavy (non-hydrogen) atoms. The van der Waals surface area contributed by atoms with Crippen molar-refractivity contribution in [1.29, 1.82) is 0 Å². The summed E-state index contributed by atoms with van der Waals surface area (Å²) in [5.41, 5.74) is -2.50. The van der Waals surface area contributed by atoms with Gasteiger partial charge in [0.05, 0.1) is 24.3 Å². The van der Waals surface area contributed by atoms with Gasteiger partial charge in [0.1, 0.15) is 0 Å². The summed E-state index contributed by atoms with van der Waals surface area (Å²) in [7, 11) is -1.62. The first-order chi connectivity index (χ1) is 19.6. The van der Waals surface area contributed by atoms with Crippen molar-refractivity contribution in [3.8, 4) is 0 Å². The molecule has 1 heterocycles. The van der Waals surface area contributed by atoms with Gasteiger partial charge in [-0.15, -0.1) is 0 Å². The van der Waals surface area contributed by atoms with Gasteiger partial charge in [-0.25, -0.2) is 4.79 Å². The summed E-state index contributed by atoms with van der Waals surface area (Å²) in [6.45, 7) is 13.9. The quantitative estimate of drug-likeness (QED) is 0.295. The van der Waals surface area contributed by atoms with Gasteiger partial charge in [0.25, 0.3) is 5.91 Å². The van der Waals surface area contributed by atoms with E-state index in [2.05, 4.69) is 5.32 Å². The van der Waals surface area contributed by atoms with Crippen LogP contribution in [-0.4, -0.2) is 58.1 Å². The summed E-state index contributed by atoms with van der Waals surface area (Å²) in [6.07, 6.45) is -6.52. The van der Waals surface area contributed by atoms with Crippen LogP contribution >= 0.6 is 0 Å². The van der Waals surface area contributed by atoms with Crippen LogP contribution in [0.2, 0.25) is 13.1 Å². The summed E-state index contributed by atoms with van der Waals surface area (Å²) in [4.78, 5) is 27.5. The van der Waals surface area contributed by atoms with Gasteiger partial charge in [-0.3, -0.25) is 9.69 Å². The molecule has 1 aliphatic heterocycles. The number of ether oxygens (including phenoxy) is 2. The number of nitrogens with one attached hydrogen (secondary N) is 1. The van der Waals surface area contributed by atoms with Crippen molar-refractivity contribution in [2.45, 2.75) is 78.2 Å². The van der Waals surface area contributed by atoms with Crippen LogP contribution in [0.25, 0.3) is 0 Å². The van der Waals surface area contributed by atoms with E-state index in [9.17, 15) is 27.9 Å². The monoisotopic (exact) mass is 610 g/mol. The minimum Gasteiger partial charge on any atom is -0.465 e. The van der Waals surface area contributed by atoms with Crippen LogP contribution in [0.1, 0.15) is 61.7 Å². The van der Waals surface area contributed by atoms with E-state index in [1.54, 1.807) is 19.1 Å². The number of halogens is 3. The summed E-state index contributed by atoms with van der Waals surface area (Å²) < 4.78 is 59.9. The Morgan fingerprint density at radius 3 is 2.33 bits per heavy atom. The number of hydrogen-bond donors (Lipinski definition) is 2. The minimum absolute atomic E-state index is 0.0408. The molecule has 2 N–H and O–H groups in total. The fourth-order valence-electron chi connectivity index (χ4n) is 5.44. The van der Waals surface area contributed by atoms with Gasteiger partial charge in [-0.05, 0) is 56.1 Å². The topological polar surface area (TPSA) is 97.3 Å². The number of carbonyl (C=O) groups is 2. The average molecular weight is 611 g/mol. The highest BCUT2D eigenvalue weighted by Gasteiger charge is 2.47. The highest BCUT2D eigenvalue weighted by molar-refractivity contribution is 6.48. The lowest BCUT2D eigenvalue weighted by Gasteiger charge is -2.43. The first kappa shape index (κ1) is 33.6. The largest absolute Gasteiger partial charge is 0.465 e. The van der Waals surface area contributed by atoms with Crippen molar-refractivity contribution in [1.82, 2.24) is 5.32 Å². The second kappa shape index (κ2) is 13.1. The van der Waals surface area contributed by atoms with E-state index in [4.69, 9.17) is 13.9 Å². The first-order valence-electron chi connectivity index (χ1n) is 14.1. The molecule has 2 aromatic rings. The molecular weight excluding hydrogens is 569 g/mol. The molecule has 8 nitrogen and oxygen atoms in total. The molecule has 0 spiro atoms. The van der Waals surface area contributed by atoms with Gasteiger partial charge < -0.3 is 24.3 Å². The zero-order chi connectivity index (χ0) is 31.5. The Morgan fingerprint density at radius 2 is 1.79 bits per heavy atom. The summed E-state index contributed by atoms with van der Waals surface area (Å²) in [6, 6.07) is 8.86. The molecule has 0 fully saturated rings. The van der Waals surface area contributed by atoms with Crippen molar-refractivity contribution < 1.29 is 41.8 Å². The Bertz CT molecular complexity index is 1270. The number of carboxylic acid groups (broad SMARTS) is 1. The molecule has 2 amide bonds. The van der Waals surface area contributed by atoms with E-state index in [0.717, 1.165) is 6.07 Å². The SMILES string of the molecule is CCOCC(C(O[SiH](C)C)C(C)(C)C)N(C(=O)O)c1ccc2c(c1)C(=O)NC(OCC)(c1ccccc1C(F)(F)F)C2. The smallest absolute Gasteiger partial charge is 0.416 e. The van der Waals surface area contributed by atoms with Crippen LogP contribution in [0.3, 0.4) is 0 Å². The zero-order valence-electron chi connectivity index (χ0n) is 25.2. The fourth-order valence-corrected chi connectivity index (χ4v) is 6.62. The Hall–Kier alpha value is -2.93. The summed E-state index contributed by atoms with van der Waals surface area (Å²) >= 11 is 0. The van der Waals surface area contributed by atoms with Crippen molar-refractivity contribution in [2.75, 3.05) is 24.7 Å². The van der Waals surface area contributed by atoms with Gasteiger partial charge in [-0.1, -0.05) is 45.0 Å². The number of alkyl halides is 3. The molecule has 1 aliphatic rings. The maximum Gasteiger partial charge on any atom is 0.416 e. The molecule has 0 aromatic heterocycles. The third-order valence-electron chi connectivity index (χ3n) is 7.08. The van der Waals surface area contributed by atoms with Crippen molar-refractivity contribution in [2.24, 2.45) is 5.41 Å². The van der Waals surface area contributed by atoms with Crippen LogP contribution in [0, 0.1) is 5.41 Å². The lowest BCUT2D eigenvalue weighted by atomic mass is 9.83. The van der Waals surface area contributed by atoms with E-state index >= 15 is 0 Å². The highest BCUT2D eigenvalue weighted by Crippen LogP contribution is 2.42. The molecule has 12 heteroatoms. The minimum atomic E-state index is -4.67. The average Bonchev–Trinajstić information content (AvgIpc) is 2.88. The van der Waals surface area contributed by atoms with Crippen LogP contribution in [0.4, 0.5) is 23.7 Å². The Labute approximate surface area is 246 Å². The molecular formula is C30H41F3N2O6Si. The molecule has 0 saturated carbocycles. The van der Waals surface area contributed by atoms with E-state index in [0.29, 0.717) is 12.2 Å². The number of amides is 2. The number of carbonyl (C=O) groups excluding carboxylic acids is 1. The Morgan fingerprint density at radius 1 is 1.12 bits per heavy atom. The molecule has 0 saturated heterocycles. The van der Waals surface area contributed by atoms with Crippen molar-refractivity contribution in [3.63, 3.8) is 0 Å². The maximum absolute atomic E-state index is 14.0. The van der Waals surface area contributed by atoms with E-state index < -0.39 is 56.1 Å². The van der Waals surface area contributed by atoms with Gasteiger partial charge in [-0.2, -0.15) is 13.2 Å². The van der Waals surface area contributed by atoms with Gasteiger partial charge in [0, 0.05) is 36.4 Å². The van der Waals surface area contributed by atoms with Crippen LogP contribution in [0.15, 0.2) is 42.5 Å². The molecule has 3 atom stereocenters. The van der Waals surface area contributed by atoms with Crippen molar-refractivity contribution >= 4 is 26.7 Å². The van der Waals surface area contributed by atoms with Gasteiger partial charge in [0.15, 0.2) is 14.8 Å². The van der Waals surface area contributed by atoms with Crippen molar-refractivity contribution in [3.05, 3.63) is 64.7 Å². The van der Waals surface area contributed by atoms with Crippen LogP contribution in [-0.2, 0) is 32.2 Å². The molecule has 3 rings (SSSR count). The van der Waals surface area contributed by atoms with Crippen LogP contribution in [0.5, 0.6) is 0 Å². The molecule has 0 bridgehead atoms. The van der Waals surface area contributed by atoms with E-state index in [1.807, 2.05) is 40.8 Å². The van der Waals surface area contributed by atoms with Gasteiger partial charge >= 0.3 is 12.3 Å². The predicted molar refractivity (Wildman–Crippen MR) is 156 cm³/mol. The zero-order valence-corrected chi connectivity index (χ0v) is 26.3. The number of anilines is 1. The fraction of sp³-hybridized carbons (Fsp3) is 0.533. The summed E-state index contributed by atoms with van der Waals surface area (Å²) in [5, 5.41) is 13.1.